The molecule has 1 heterocycles. The lowest BCUT2D eigenvalue weighted by Crippen LogP contribution is -2.46. The van der Waals surface area contributed by atoms with E-state index < -0.39 is 0 Å². The fourth-order valence-corrected chi connectivity index (χ4v) is 1.87. The van der Waals surface area contributed by atoms with E-state index >= 15 is 0 Å². The van der Waals surface area contributed by atoms with E-state index in [1.165, 1.54) is 0 Å². The van der Waals surface area contributed by atoms with E-state index in [9.17, 15) is 9.59 Å². The molecule has 92 valence electrons. The van der Waals surface area contributed by atoms with Gasteiger partial charge in [-0.3, -0.25) is 4.79 Å². The average molecular weight is 227 g/mol. The fourth-order valence-electron chi connectivity index (χ4n) is 1.87. The Morgan fingerprint density at radius 3 is 2.44 bits per heavy atom. The Hall–Kier alpha value is -1.26. The first-order valence-corrected chi connectivity index (χ1v) is 5.93. The number of nitrogens with one attached hydrogen (secondary N) is 1. The van der Waals surface area contributed by atoms with Crippen molar-refractivity contribution in [1.29, 1.82) is 0 Å². The number of likely N-dealkylation sites (N-methyl/N-ethyl adjacent to an activating group) is 1. The third kappa shape index (κ3) is 3.40. The number of carbonyl (C=O) groups excluding carboxylic acids is 2. The summed E-state index contributed by atoms with van der Waals surface area (Å²) in [6.45, 7) is 4.47. The quantitative estimate of drug-likeness (QED) is 0.767. The number of hydrogen-bond donors (Lipinski definition) is 1. The Labute approximate surface area is 96.8 Å². The minimum atomic E-state index is -0.110. The van der Waals surface area contributed by atoms with Crippen LogP contribution in [0.25, 0.3) is 0 Å². The second-order valence-corrected chi connectivity index (χ2v) is 4.07. The largest absolute Gasteiger partial charge is 0.358 e. The highest BCUT2D eigenvalue weighted by Crippen LogP contribution is 2.10. The lowest BCUT2D eigenvalue weighted by Gasteiger charge is -2.26. The molecule has 0 spiro atoms. The van der Waals surface area contributed by atoms with Crippen molar-refractivity contribution in [3.8, 4) is 0 Å². The second-order valence-electron chi connectivity index (χ2n) is 4.07. The molecule has 1 aliphatic heterocycles. The van der Waals surface area contributed by atoms with Crippen LogP contribution in [0.2, 0.25) is 0 Å². The number of carbonyl (C=O) groups is 2. The summed E-state index contributed by atoms with van der Waals surface area (Å²) in [5.41, 5.74) is 0. The molecule has 16 heavy (non-hydrogen) atoms. The van der Waals surface area contributed by atoms with Gasteiger partial charge in [0.05, 0.1) is 0 Å². The number of nitrogens with zero attached hydrogens (tertiary/aromatic N) is 2. The van der Waals surface area contributed by atoms with Crippen LogP contribution in [0.5, 0.6) is 0 Å². The maximum absolute atomic E-state index is 12.1. The Balaban J connectivity index is 2.53. The summed E-state index contributed by atoms with van der Waals surface area (Å²) in [6.07, 6.45) is 3.02. The molecule has 5 heteroatoms. The first kappa shape index (κ1) is 12.8. The van der Waals surface area contributed by atoms with Crippen LogP contribution < -0.4 is 5.32 Å². The van der Waals surface area contributed by atoms with Gasteiger partial charge in [-0.1, -0.05) is 6.92 Å². The van der Waals surface area contributed by atoms with E-state index in [2.05, 4.69) is 5.32 Å². The van der Waals surface area contributed by atoms with Crippen molar-refractivity contribution in [3.63, 3.8) is 0 Å². The molecule has 1 saturated heterocycles. The topological polar surface area (TPSA) is 52.7 Å². The van der Waals surface area contributed by atoms with Crippen molar-refractivity contribution in [2.75, 3.05) is 33.2 Å². The molecule has 5 nitrogen and oxygen atoms in total. The van der Waals surface area contributed by atoms with Crippen molar-refractivity contribution < 1.29 is 9.59 Å². The molecule has 1 aliphatic rings. The molecule has 1 fully saturated rings. The van der Waals surface area contributed by atoms with E-state index in [0.717, 1.165) is 32.4 Å². The van der Waals surface area contributed by atoms with Crippen molar-refractivity contribution >= 4 is 11.9 Å². The van der Waals surface area contributed by atoms with Crippen molar-refractivity contribution in [1.82, 2.24) is 15.1 Å². The van der Waals surface area contributed by atoms with Gasteiger partial charge in [0.15, 0.2) is 0 Å². The summed E-state index contributed by atoms with van der Waals surface area (Å²) < 4.78 is 0. The number of likely N-dealkylation sites (tertiary alicyclic amines) is 1. The highest BCUT2D eigenvalue weighted by molar-refractivity contribution is 5.83. The molecule has 0 unspecified atom stereocenters. The number of amides is 3. The van der Waals surface area contributed by atoms with E-state index in [1.54, 1.807) is 11.9 Å². The molecule has 0 aliphatic carbocycles. The summed E-state index contributed by atoms with van der Waals surface area (Å²) in [5, 5.41) is 2.55. The van der Waals surface area contributed by atoms with Crippen LogP contribution in [0.3, 0.4) is 0 Å². The van der Waals surface area contributed by atoms with E-state index in [-0.39, 0.29) is 18.5 Å². The van der Waals surface area contributed by atoms with Gasteiger partial charge in [0.25, 0.3) is 0 Å². The van der Waals surface area contributed by atoms with Crippen molar-refractivity contribution in [3.05, 3.63) is 0 Å². The zero-order chi connectivity index (χ0) is 12.0. The SMILES string of the molecule is CCCN(CC(=O)NC)C(=O)N1CCCC1. The number of rotatable bonds is 4. The molecule has 0 radical (unpaired) electrons. The van der Waals surface area contributed by atoms with Crippen LogP contribution in [-0.2, 0) is 4.79 Å². The van der Waals surface area contributed by atoms with Crippen LogP contribution in [0.15, 0.2) is 0 Å². The molecule has 0 aromatic heterocycles. The van der Waals surface area contributed by atoms with Gasteiger partial charge in [-0.15, -0.1) is 0 Å². The predicted molar refractivity (Wildman–Crippen MR) is 62.1 cm³/mol. The van der Waals surface area contributed by atoms with Crippen molar-refractivity contribution in [2.24, 2.45) is 0 Å². The third-order valence-electron chi connectivity index (χ3n) is 2.75. The number of urea groups is 1. The van der Waals surface area contributed by atoms with Crippen LogP contribution >= 0.6 is 0 Å². The lowest BCUT2D eigenvalue weighted by atomic mass is 10.4. The standard InChI is InChI=1S/C11H21N3O2/c1-3-6-14(9-10(15)12-2)11(16)13-7-4-5-8-13/h3-9H2,1-2H3,(H,12,15). The van der Waals surface area contributed by atoms with Gasteiger partial charge in [-0.2, -0.15) is 0 Å². The monoisotopic (exact) mass is 227 g/mol. The molecule has 0 bridgehead atoms. The van der Waals surface area contributed by atoms with E-state index in [0.29, 0.717) is 6.54 Å². The van der Waals surface area contributed by atoms with Gasteiger partial charge in [0, 0.05) is 26.7 Å². The lowest BCUT2D eigenvalue weighted by molar-refractivity contribution is -0.121. The molecule has 0 saturated carbocycles. The van der Waals surface area contributed by atoms with Crippen LogP contribution in [0.4, 0.5) is 4.79 Å². The smallest absolute Gasteiger partial charge is 0.320 e. The summed E-state index contributed by atoms with van der Waals surface area (Å²) in [6, 6.07) is 0.00273. The molecule has 0 atom stereocenters. The molecule has 1 rings (SSSR count). The Morgan fingerprint density at radius 1 is 1.31 bits per heavy atom. The minimum Gasteiger partial charge on any atom is -0.358 e. The second kappa shape index (κ2) is 6.35. The number of hydrogen-bond acceptors (Lipinski definition) is 2. The molecular formula is C11H21N3O2. The molecular weight excluding hydrogens is 206 g/mol. The van der Waals surface area contributed by atoms with Crippen LogP contribution in [0, 0.1) is 0 Å². The molecule has 1 N–H and O–H groups in total. The predicted octanol–water partition coefficient (Wildman–Crippen LogP) is 0.660. The van der Waals surface area contributed by atoms with Gasteiger partial charge in [-0.25, -0.2) is 4.79 Å². The first-order valence-electron chi connectivity index (χ1n) is 5.93. The van der Waals surface area contributed by atoms with Gasteiger partial charge in [0.1, 0.15) is 6.54 Å². The zero-order valence-corrected chi connectivity index (χ0v) is 10.2. The maximum atomic E-state index is 12.1. The third-order valence-corrected chi connectivity index (χ3v) is 2.75. The first-order chi connectivity index (χ1) is 7.69. The zero-order valence-electron chi connectivity index (χ0n) is 10.2. The van der Waals surface area contributed by atoms with Gasteiger partial charge < -0.3 is 15.1 Å². The van der Waals surface area contributed by atoms with Crippen LogP contribution in [-0.4, -0.2) is 55.0 Å². The molecule has 3 amide bonds. The summed E-state index contributed by atoms with van der Waals surface area (Å²) in [5.74, 6) is -0.110. The Kier molecular flexibility index (Phi) is 5.08. The molecule has 0 aromatic carbocycles. The van der Waals surface area contributed by atoms with Gasteiger partial charge in [-0.05, 0) is 19.3 Å². The normalized spacial score (nSPS) is 15.0. The fraction of sp³-hybridized carbons (Fsp3) is 0.818. The highest BCUT2D eigenvalue weighted by atomic mass is 16.2. The summed E-state index contributed by atoms with van der Waals surface area (Å²) in [4.78, 5) is 26.8. The summed E-state index contributed by atoms with van der Waals surface area (Å²) in [7, 11) is 1.59. The van der Waals surface area contributed by atoms with Gasteiger partial charge >= 0.3 is 6.03 Å². The highest BCUT2D eigenvalue weighted by Gasteiger charge is 2.24. The summed E-state index contributed by atoms with van der Waals surface area (Å²) >= 11 is 0. The molecule has 0 aromatic rings. The van der Waals surface area contributed by atoms with Gasteiger partial charge in [0.2, 0.25) is 5.91 Å². The van der Waals surface area contributed by atoms with Crippen molar-refractivity contribution in [2.45, 2.75) is 26.2 Å². The van der Waals surface area contributed by atoms with Crippen LogP contribution in [0.1, 0.15) is 26.2 Å². The maximum Gasteiger partial charge on any atom is 0.320 e. The Bertz CT molecular complexity index is 250. The van der Waals surface area contributed by atoms with E-state index in [4.69, 9.17) is 0 Å². The minimum absolute atomic E-state index is 0.00273. The average Bonchev–Trinajstić information content (AvgIpc) is 2.80. The van der Waals surface area contributed by atoms with E-state index in [1.807, 2.05) is 11.8 Å². The Morgan fingerprint density at radius 2 is 1.94 bits per heavy atom.